The smallest absolute Gasteiger partial charge is 0.267 e. The van der Waals surface area contributed by atoms with E-state index >= 15 is 0 Å². The number of hydrogen-bond acceptors (Lipinski definition) is 3. The number of hydrogen-bond donors (Lipinski definition) is 2. The van der Waals surface area contributed by atoms with Gasteiger partial charge in [0.1, 0.15) is 0 Å². The van der Waals surface area contributed by atoms with Crippen molar-refractivity contribution in [2.75, 3.05) is 0 Å². The van der Waals surface area contributed by atoms with Gasteiger partial charge in [0, 0.05) is 0 Å². The fourth-order valence-electron chi connectivity index (χ4n) is 3.26. The highest BCUT2D eigenvalue weighted by Gasteiger charge is 2.23. The van der Waals surface area contributed by atoms with E-state index in [1.165, 1.54) is 44.9 Å². The molecule has 0 bridgehead atoms. The standard InChI is InChI=1S/C20H42O4S/c1-3-5-7-8-9-10-11-12-13-14-16-20(25(22,23)24)18-17-19(21)15-6-4-2/h19-21H,3-18H2,1-2H3,(H,22,23,24). The summed E-state index contributed by atoms with van der Waals surface area (Å²) in [6, 6.07) is 0. The Bertz CT molecular complexity index is 381. The van der Waals surface area contributed by atoms with E-state index in [4.69, 9.17) is 0 Å². The van der Waals surface area contributed by atoms with E-state index in [0.717, 1.165) is 32.1 Å². The van der Waals surface area contributed by atoms with Gasteiger partial charge in [-0.25, -0.2) is 0 Å². The molecule has 0 saturated carbocycles. The Kier molecular flexibility index (Phi) is 16.0. The van der Waals surface area contributed by atoms with Gasteiger partial charge in [-0.05, 0) is 25.7 Å². The second-order valence-corrected chi connectivity index (χ2v) is 9.18. The minimum atomic E-state index is -4.00. The van der Waals surface area contributed by atoms with E-state index in [9.17, 15) is 18.1 Å². The molecule has 0 rings (SSSR count). The van der Waals surface area contributed by atoms with Crippen molar-refractivity contribution in [3.63, 3.8) is 0 Å². The van der Waals surface area contributed by atoms with E-state index < -0.39 is 21.5 Å². The highest BCUT2D eigenvalue weighted by atomic mass is 32.2. The summed E-state index contributed by atoms with van der Waals surface area (Å²) < 4.78 is 32.4. The van der Waals surface area contributed by atoms with Crippen LogP contribution in [0.5, 0.6) is 0 Å². The molecule has 0 radical (unpaired) electrons. The molecule has 0 aromatic rings. The first-order valence-corrected chi connectivity index (χ1v) is 12.1. The van der Waals surface area contributed by atoms with Crippen molar-refractivity contribution < 1.29 is 18.1 Å². The SMILES string of the molecule is CCCCCCCCCCCCC(CCC(O)CCCC)S(=O)(=O)O. The molecule has 152 valence electrons. The lowest BCUT2D eigenvalue weighted by atomic mass is 10.0. The van der Waals surface area contributed by atoms with Crippen molar-refractivity contribution in [3.05, 3.63) is 0 Å². The van der Waals surface area contributed by atoms with Gasteiger partial charge in [-0.1, -0.05) is 90.9 Å². The van der Waals surface area contributed by atoms with Crippen LogP contribution in [0.4, 0.5) is 0 Å². The number of rotatable bonds is 18. The third-order valence-electron chi connectivity index (χ3n) is 5.01. The van der Waals surface area contributed by atoms with Crippen molar-refractivity contribution in [2.45, 2.75) is 128 Å². The molecular weight excluding hydrogens is 336 g/mol. The molecule has 2 unspecified atom stereocenters. The van der Waals surface area contributed by atoms with Crippen LogP contribution in [-0.4, -0.2) is 29.4 Å². The van der Waals surface area contributed by atoms with Gasteiger partial charge >= 0.3 is 0 Å². The van der Waals surface area contributed by atoms with Crippen LogP contribution in [0, 0.1) is 0 Å². The van der Waals surface area contributed by atoms with Gasteiger partial charge in [0.05, 0.1) is 11.4 Å². The fourth-order valence-corrected chi connectivity index (χ4v) is 4.16. The third kappa shape index (κ3) is 15.8. The Hall–Kier alpha value is -0.130. The van der Waals surface area contributed by atoms with Crippen molar-refractivity contribution in [2.24, 2.45) is 0 Å². The fraction of sp³-hybridized carbons (Fsp3) is 1.00. The van der Waals surface area contributed by atoms with Gasteiger partial charge in [0.15, 0.2) is 0 Å². The van der Waals surface area contributed by atoms with Gasteiger partial charge in [-0.2, -0.15) is 8.42 Å². The molecule has 0 heterocycles. The first-order valence-electron chi connectivity index (χ1n) is 10.6. The van der Waals surface area contributed by atoms with Crippen LogP contribution in [0.25, 0.3) is 0 Å². The summed E-state index contributed by atoms with van der Waals surface area (Å²) >= 11 is 0. The minimum Gasteiger partial charge on any atom is -0.393 e. The summed E-state index contributed by atoms with van der Waals surface area (Å²) in [7, 11) is -4.00. The zero-order valence-electron chi connectivity index (χ0n) is 16.6. The maximum absolute atomic E-state index is 11.5. The molecule has 2 atom stereocenters. The molecule has 0 fully saturated rings. The van der Waals surface area contributed by atoms with Gasteiger partial charge in [-0.3, -0.25) is 4.55 Å². The molecule has 0 aliphatic rings. The van der Waals surface area contributed by atoms with Crippen LogP contribution in [-0.2, 0) is 10.1 Å². The number of unbranched alkanes of at least 4 members (excludes halogenated alkanes) is 10. The molecule has 2 N–H and O–H groups in total. The maximum Gasteiger partial charge on any atom is 0.267 e. The van der Waals surface area contributed by atoms with Gasteiger partial charge in [0.25, 0.3) is 10.1 Å². The van der Waals surface area contributed by atoms with Gasteiger partial charge in [0.2, 0.25) is 0 Å². The molecule has 0 amide bonds. The normalized spacial score (nSPS) is 14.6. The van der Waals surface area contributed by atoms with Crippen LogP contribution >= 0.6 is 0 Å². The Morgan fingerprint density at radius 1 is 0.640 bits per heavy atom. The molecule has 25 heavy (non-hydrogen) atoms. The lowest BCUT2D eigenvalue weighted by Crippen LogP contribution is -2.22. The highest BCUT2D eigenvalue weighted by molar-refractivity contribution is 7.86. The molecular formula is C20H42O4S. The van der Waals surface area contributed by atoms with E-state index in [2.05, 4.69) is 13.8 Å². The Morgan fingerprint density at radius 3 is 1.60 bits per heavy atom. The van der Waals surface area contributed by atoms with Crippen molar-refractivity contribution in [1.82, 2.24) is 0 Å². The Labute approximate surface area is 156 Å². The highest BCUT2D eigenvalue weighted by Crippen LogP contribution is 2.19. The van der Waals surface area contributed by atoms with Crippen molar-refractivity contribution >= 4 is 10.1 Å². The molecule has 0 saturated heterocycles. The zero-order valence-corrected chi connectivity index (χ0v) is 17.4. The molecule has 0 spiro atoms. The second-order valence-electron chi connectivity index (χ2n) is 7.48. The van der Waals surface area contributed by atoms with Gasteiger partial charge in [-0.15, -0.1) is 0 Å². The van der Waals surface area contributed by atoms with Crippen LogP contribution in [0.1, 0.15) is 117 Å². The lowest BCUT2D eigenvalue weighted by Gasteiger charge is -2.16. The summed E-state index contributed by atoms with van der Waals surface area (Å²) in [5.41, 5.74) is 0. The van der Waals surface area contributed by atoms with E-state index in [0.29, 0.717) is 25.7 Å². The largest absolute Gasteiger partial charge is 0.393 e. The molecule has 0 aliphatic carbocycles. The Balaban J connectivity index is 3.80. The molecule has 4 nitrogen and oxygen atoms in total. The summed E-state index contributed by atoms with van der Waals surface area (Å²) in [6.45, 7) is 4.30. The molecule has 0 aromatic heterocycles. The summed E-state index contributed by atoms with van der Waals surface area (Å²) in [4.78, 5) is 0. The summed E-state index contributed by atoms with van der Waals surface area (Å²) in [6.07, 6.45) is 15.7. The maximum atomic E-state index is 11.5. The van der Waals surface area contributed by atoms with E-state index in [-0.39, 0.29) is 0 Å². The predicted octanol–water partition coefficient (Wildman–Crippen LogP) is 5.89. The topological polar surface area (TPSA) is 74.6 Å². The first-order chi connectivity index (χ1) is 11.9. The number of aliphatic hydroxyl groups excluding tert-OH is 1. The Morgan fingerprint density at radius 2 is 1.12 bits per heavy atom. The van der Waals surface area contributed by atoms with Crippen LogP contribution in [0.2, 0.25) is 0 Å². The summed E-state index contributed by atoms with van der Waals surface area (Å²) in [5.74, 6) is 0. The zero-order chi connectivity index (χ0) is 19.0. The predicted molar refractivity (Wildman–Crippen MR) is 107 cm³/mol. The van der Waals surface area contributed by atoms with Crippen LogP contribution in [0.3, 0.4) is 0 Å². The van der Waals surface area contributed by atoms with Crippen molar-refractivity contribution in [3.8, 4) is 0 Å². The van der Waals surface area contributed by atoms with Gasteiger partial charge < -0.3 is 5.11 Å². The van der Waals surface area contributed by atoms with Crippen LogP contribution < -0.4 is 0 Å². The van der Waals surface area contributed by atoms with E-state index in [1.54, 1.807) is 0 Å². The monoisotopic (exact) mass is 378 g/mol. The number of aliphatic hydroxyl groups is 1. The molecule has 0 aliphatic heterocycles. The van der Waals surface area contributed by atoms with Crippen molar-refractivity contribution in [1.29, 1.82) is 0 Å². The molecule has 5 heteroatoms. The summed E-state index contributed by atoms with van der Waals surface area (Å²) in [5, 5.41) is 9.15. The minimum absolute atomic E-state index is 0.362. The first kappa shape index (κ1) is 24.9. The van der Waals surface area contributed by atoms with Crippen LogP contribution in [0.15, 0.2) is 0 Å². The van der Waals surface area contributed by atoms with E-state index in [1.807, 2.05) is 0 Å². The third-order valence-corrected chi connectivity index (χ3v) is 6.33. The quantitative estimate of drug-likeness (QED) is 0.230. The second kappa shape index (κ2) is 16.1. The average molecular weight is 379 g/mol. The lowest BCUT2D eigenvalue weighted by molar-refractivity contribution is 0.148. The molecule has 0 aromatic carbocycles. The average Bonchev–Trinajstić information content (AvgIpc) is 2.56.